The van der Waals surface area contributed by atoms with Gasteiger partial charge in [0.05, 0.1) is 27.8 Å². The second-order valence-corrected chi connectivity index (χ2v) is 11.1. The predicted octanol–water partition coefficient (Wildman–Crippen LogP) is 5.44. The van der Waals surface area contributed by atoms with Gasteiger partial charge in [-0.05, 0) is 73.7 Å². The van der Waals surface area contributed by atoms with Crippen LogP contribution in [-0.4, -0.2) is 51.4 Å². The number of carboxylic acids is 3. The van der Waals surface area contributed by atoms with Crippen molar-refractivity contribution in [2.45, 2.75) is 51.0 Å². The van der Waals surface area contributed by atoms with Crippen LogP contribution in [0.15, 0.2) is 54.6 Å². The first-order valence-electron chi connectivity index (χ1n) is 13.5. The molecule has 1 aliphatic rings. The highest BCUT2D eigenvalue weighted by Crippen LogP contribution is 2.34. The Balaban J connectivity index is 0.000000642. The number of hydrogen-bond acceptors (Lipinski definition) is 6. The fourth-order valence-corrected chi connectivity index (χ4v) is 5.39. The molecule has 2 atom stereocenters. The number of carboxylic acid groups (broad SMARTS) is 3. The third-order valence-corrected chi connectivity index (χ3v) is 7.81. The Morgan fingerprint density at radius 2 is 1.46 bits per heavy atom. The van der Waals surface area contributed by atoms with Crippen molar-refractivity contribution in [1.29, 1.82) is 0 Å². The molecule has 11 heteroatoms. The van der Waals surface area contributed by atoms with E-state index in [1.54, 1.807) is 12.1 Å². The van der Waals surface area contributed by atoms with Crippen molar-refractivity contribution in [3.8, 4) is 0 Å². The first-order valence-corrected chi connectivity index (χ1v) is 14.3. The Kier molecular flexibility index (Phi) is 14.7. The fourth-order valence-electron chi connectivity index (χ4n) is 4.88. The van der Waals surface area contributed by atoms with E-state index in [2.05, 4.69) is 17.4 Å². The highest BCUT2D eigenvalue weighted by atomic mass is 35.5. The van der Waals surface area contributed by atoms with E-state index in [9.17, 15) is 24.6 Å². The molecule has 0 radical (unpaired) electrons. The zero-order valence-electron chi connectivity index (χ0n) is 22.7. The first-order chi connectivity index (χ1) is 19.5. The lowest BCUT2D eigenvalue weighted by Gasteiger charge is -2.30. The average molecular weight is 610 g/mol. The highest BCUT2D eigenvalue weighted by Gasteiger charge is 2.27. The molecule has 0 heterocycles. The van der Waals surface area contributed by atoms with Gasteiger partial charge in [-0.3, -0.25) is 4.79 Å². The summed E-state index contributed by atoms with van der Waals surface area (Å²) in [6.07, 6.45) is 6.96. The topological polar surface area (TPSA) is 170 Å². The number of nitrogens with one attached hydrogen (secondary N) is 1. The Hall–Kier alpha value is -3.11. The summed E-state index contributed by atoms with van der Waals surface area (Å²) in [6.45, 7) is 1.24. The number of aryl methyl sites for hydroxylation is 1. The number of nitrogen functional groups attached to an aromatic ring is 1. The SMILES string of the molecule is Nc1c(Cl)cc(C(O)CNC[C@H]2CC[C@H](CC(CCc3ccccc3)C(=O)O)CC2)cc1Cl.O=C(O)/C=C\C(=O)O. The highest BCUT2D eigenvalue weighted by molar-refractivity contribution is 6.38. The Morgan fingerprint density at radius 1 is 0.927 bits per heavy atom. The third kappa shape index (κ3) is 12.9. The van der Waals surface area contributed by atoms with Crippen molar-refractivity contribution in [2.75, 3.05) is 18.8 Å². The van der Waals surface area contributed by atoms with E-state index >= 15 is 0 Å². The van der Waals surface area contributed by atoms with Crippen LogP contribution in [0.1, 0.15) is 55.8 Å². The van der Waals surface area contributed by atoms with Gasteiger partial charge in [-0.25, -0.2) is 9.59 Å². The monoisotopic (exact) mass is 608 g/mol. The van der Waals surface area contributed by atoms with Crippen LogP contribution in [0, 0.1) is 17.8 Å². The van der Waals surface area contributed by atoms with Gasteiger partial charge in [0.15, 0.2) is 0 Å². The quantitative estimate of drug-likeness (QED) is 0.128. The average Bonchev–Trinajstić information content (AvgIpc) is 2.94. The molecular weight excluding hydrogens is 571 g/mol. The number of halogens is 2. The number of aliphatic hydroxyl groups excluding tert-OH is 1. The summed E-state index contributed by atoms with van der Waals surface area (Å²) >= 11 is 12.1. The van der Waals surface area contributed by atoms with Crippen LogP contribution in [-0.2, 0) is 20.8 Å². The molecule has 9 nitrogen and oxygen atoms in total. The standard InChI is InChI=1S/C26H34Cl2N2O3.C4H4O4/c27-22-13-21(14-23(28)25(22)29)24(31)16-30-15-19-8-6-18(7-9-19)12-20(26(32)33)11-10-17-4-2-1-3-5-17;5-3(6)1-2-4(7)8/h1-5,13-14,18-20,24,30-31H,6-12,15-16,29H2,(H,32,33);1-2H,(H,5,6)(H,7,8)/b;2-1-/t18-,19-,20?,24?;. The summed E-state index contributed by atoms with van der Waals surface area (Å²) in [4.78, 5) is 30.9. The van der Waals surface area contributed by atoms with Gasteiger partial charge in [0.2, 0.25) is 0 Å². The van der Waals surface area contributed by atoms with Crippen molar-refractivity contribution in [3.05, 3.63) is 75.8 Å². The number of aliphatic carboxylic acids is 3. The van der Waals surface area contributed by atoms with Gasteiger partial charge in [-0.15, -0.1) is 0 Å². The number of benzene rings is 2. The summed E-state index contributed by atoms with van der Waals surface area (Å²) in [5, 5.41) is 39.8. The van der Waals surface area contributed by atoms with E-state index in [-0.39, 0.29) is 5.92 Å². The number of rotatable bonds is 13. The van der Waals surface area contributed by atoms with E-state index in [0.29, 0.717) is 58.2 Å². The summed E-state index contributed by atoms with van der Waals surface area (Å²) in [5.74, 6) is -2.45. The largest absolute Gasteiger partial charge is 0.481 e. The minimum absolute atomic E-state index is 0.279. The van der Waals surface area contributed by atoms with Crippen LogP contribution < -0.4 is 11.1 Å². The molecule has 1 saturated carbocycles. The van der Waals surface area contributed by atoms with E-state index in [0.717, 1.165) is 45.1 Å². The second-order valence-electron chi connectivity index (χ2n) is 10.3. The molecule has 0 spiro atoms. The molecule has 0 aromatic heterocycles. The fraction of sp³-hybridized carbons (Fsp3) is 0.433. The molecule has 2 aromatic rings. The van der Waals surface area contributed by atoms with Gasteiger partial charge in [-0.1, -0.05) is 66.4 Å². The maximum Gasteiger partial charge on any atom is 0.328 e. The second kappa shape index (κ2) is 17.6. The van der Waals surface area contributed by atoms with Gasteiger partial charge in [0, 0.05) is 18.7 Å². The third-order valence-electron chi connectivity index (χ3n) is 7.18. The first kappa shape index (κ1) is 34.1. The van der Waals surface area contributed by atoms with Crippen molar-refractivity contribution in [2.24, 2.45) is 17.8 Å². The zero-order chi connectivity index (χ0) is 30.4. The van der Waals surface area contributed by atoms with Gasteiger partial charge < -0.3 is 31.5 Å². The zero-order valence-corrected chi connectivity index (χ0v) is 24.2. The molecule has 0 aliphatic heterocycles. The van der Waals surface area contributed by atoms with Crippen molar-refractivity contribution in [1.82, 2.24) is 5.32 Å². The van der Waals surface area contributed by atoms with Gasteiger partial charge in [0.25, 0.3) is 0 Å². The number of carbonyl (C=O) groups is 3. The van der Waals surface area contributed by atoms with Crippen LogP contribution >= 0.6 is 23.2 Å². The number of aliphatic hydroxyl groups is 1. The van der Waals surface area contributed by atoms with Crippen LogP contribution in [0.4, 0.5) is 5.69 Å². The van der Waals surface area contributed by atoms with Crippen LogP contribution in [0.5, 0.6) is 0 Å². The minimum Gasteiger partial charge on any atom is -0.481 e. The van der Waals surface area contributed by atoms with Crippen LogP contribution in [0.2, 0.25) is 10.0 Å². The Labute approximate surface area is 250 Å². The summed E-state index contributed by atoms with van der Waals surface area (Å²) in [7, 11) is 0. The smallest absolute Gasteiger partial charge is 0.328 e. The molecule has 3 rings (SSSR count). The molecule has 1 aliphatic carbocycles. The van der Waals surface area contributed by atoms with Crippen molar-refractivity contribution < 1.29 is 34.8 Å². The maximum absolute atomic E-state index is 11.8. The molecule has 7 N–H and O–H groups in total. The molecule has 0 amide bonds. The lowest BCUT2D eigenvalue weighted by Crippen LogP contribution is -2.30. The van der Waals surface area contributed by atoms with Crippen molar-refractivity contribution >= 4 is 46.8 Å². The normalized spacial score (nSPS) is 18.2. The van der Waals surface area contributed by atoms with Crippen LogP contribution in [0.3, 0.4) is 0 Å². The molecule has 41 heavy (non-hydrogen) atoms. The van der Waals surface area contributed by atoms with E-state index < -0.39 is 24.0 Å². The molecular formula is C30H38Cl2N2O7. The van der Waals surface area contributed by atoms with Gasteiger partial charge >= 0.3 is 17.9 Å². The molecule has 0 bridgehead atoms. The molecule has 2 unspecified atom stereocenters. The lowest BCUT2D eigenvalue weighted by atomic mass is 9.77. The van der Waals surface area contributed by atoms with E-state index in [1.165, 1.54) is 5.56 Å². The van der Waals surface area contributed by atoms with E-state index in [1.807, 2.05) is 18.2 Å². The Morgan fingerprint density at radius 3 is 1.98 bits per heavy atom. The lowest BCUT2D eigenvalue weighted by molar-refractivity contribution is -0.142. The molecule has 1 fully saturated rings. The maximum atomic E-state index is 11.8. The van der Waals surface area contributed by atoms with Gasteiger partial charge in [-0.2, -0.15) is 0 Å². The molecule has 224 valence electrons. The predicted molar refractivity (Wildman–Crippen MR) is 159 cm³/mol. The Bertz CT molecular complexity index is 1130. The molecule has 2 aromatic carbocycles. The summed E-state index contributed by atoms with van der Waals surface area (Å²) in [6, 6.07) is 13.4. The van der Waals surface area contributed by atoms with E-state index in [4.69, 9.17) is 39.1 Å². The van der Waals surface area contributed by atoms with Crippen LogP contribution in [0.25, 0.3) is 0 Å². The minimum atomic E-state index is -1.26. The summed E-state index contributed by atoms with van der Waals surface area (Å²) < 4.78 is 0. The number of hydrogen-bond donors (Lipinski definition) is 6. The van der Waals surface area contributed by atoms with Crippen molar-refractivity contribution in [3.63, 3.8) is 0 Å². The summed E-state index contributed by atoms with van der Waals surface area (Å²) in [5.41, 5.74) is 7.92. The number of anilines is 1. The molecule has 0 saturated heterocycles. The number of nitrogens with two attached hydrogens (primary N) is 1. The van der Waals surface area contributed by atoms with Gasteiger partial charge in [0.1, 0.15) is 0 Å².